The molecule has 1 aliphatic rings. The maximum absolute atomic E-state index is 12.3. The second-order valence-corrected chi connectivity index (χ2v) is 6.56. The fourth-order valence-corrected chi connectivity index (χ4v) is 3.51. The lowest BCUT2D eigenvalue weighted by molar-refractivity contribution is -0.117. The Morgan fingerprint density at radius 2 is 2.00 bits per heavy atom. The molecule has 20 heavy (non-hydrogen) atoms. The number of carbonyl (C=O) groups is 1. The Balaban J connectivity index is 3.40. The van der Waals surface area contributed by atoms with E-state index in [0.29, 0.717) is 5.92 Å². The first kappa shape index (κ1) is 17.0. The van der Waals surface area contributed by atoms with Crippen LogP contribution in [-0.4, -0.2) is 10.8 Å². The van der Waals surface area contributed by atoms with Crippen LogP contribution in [0.15, 0.2) is 39.4 Å². The maximum atomic E-state index is 12.3. The molecule has 0 saturated heterocycles. The summed E-state index contributed by atoms with van der Waals surface area (Å²) < 4.78 is 0. The molecule has 0 radical (unpaired) electrons. The average Bonchev–Trinajstić information content (AvgIpc) is 2.73. The normalized spacial score (nSPS) is 21.6. The van der Waals surface area contributed by atoms with E-state index in [2.05, 4.69) is 32.3 Å². The van der Waals surface area contributed by atoms with E-state index in [0.717, 1.165) is 27.5 Å². The lowest BCUT2D eigenvalue weighted by Crippen LogP contribution is -2.08. The number of hydrogen-bond acceptors (Lipinski definition) is 3. The van der Waals surface area contributed by atoms with Gasteiger partial charge in [0.25, 0.3) is 0 Å². The first-order chi connectivity index (χ1) is 9.34. The van der Waals surface area contributed by atoms with Gasteiger partial charge in [-0.3, -0.25) is 4.79 Å². The van der Waals surface area contributed by atoms with Crippen LogP contribution in [0.25, 0.3) is 0 Å². The minimum atomic E-state index is 0.0145. The van der Waals surface area contributed by atoms with Crippen LogP contribution >= 0.6 is 11.8 Å². The third-order valence-electron chi connectivity index (χ3n) is 3.83. The second-order valence-electron chi connectivity index (χ2n) is 5.56. The van der Waals surface area contributed by atoms with Crippen molar-refractivity contribution in [2.24, 2.45) is 16.8 Å². The highest BCUT2D eigenvalue weighted by Gasteiger charge is 2.31. The average molecular weight is 291 g/mol. The Bertz CT molecular complexity index is 509. The number of carbonyl (C=O) groups excluding carboxylic acids is 1. The van der Waals surface area contributed by atoms with Gasteiger partial charge < -0.3 is 0 Å². The SMILES string of the molecule is C=CN=C1SC(C(=O)C(C)C)=C(C)/C1=C(/C)C(C)CC. The van der Waals surface area contributed by atoms with E-state index in [4.69, 9.17) is 0 Å². The van der Waals surface area contributed by atoms with Crippen molar-refractivity contribution in [2.45, 2.75) is 48.0 Å². The molecular weight excluding hydrogens is 266 g/mol. The molecular formula is C17H25NOS. The molecule has 1 unspecified atom stereocenters. The predicted octanol–water partition coefficient (Wildman–Crippen LogP) is 5.14. The molecule has 3 heteroatoms. The number of Topliss-reactive ketones (excluding diaryl/α,β-unsaturated/α-hetero) is 1. The Hall–Kier alpha value is -1.09. The molecule has 1 aliphatic heterocycles. The fraction of sp³-hybridized carbons (Fsp3) is 0.529. The van der Waals surface area contributed by atoms with Crippen molar-refractivity contribution in [1.82, 2.24) is 0 Å². The zero-order valence-electron chi connectivity index (χ0n) is 13.4. The number of ketones is 1. The zero-order chi connectivity index (χ0) is 15.4. The van der Waals surface area contributed by atoms with Crippen LogP contribution in [0, 0.1) is 11.8 Å². The van der Waals surface area contributed by atoms with Crippen molar-refractivity contribution in [3.05, 3.63) is 34.4 Å². The van der Waals surface area contributed by atoms with E-state index in [-0.39, 0.29) is 11.7 Å². The summed E-state index contributed by atoms with van der Waals surface area (Å²) in [6.45, 7) is 16.2. The van der Waals surface area contributed by atoms with Gasteiger partial charge in [-0.25, -0.2) is 4.99 Å². The van der Waals surface area contributed by atoms with Gasteiger partial charge in [-0.05, 0) is 31.8 Å². The molecule has 0 N–H and O–H groups in total. The summed E-state index contributed by atoms with van der Waals surface area (Å²) in [5, 5.41) is 0.916. The zero-order valence-corrected chi connectivity index (χ0v) is 14.2. The summed E-state index contributed by atoms with van der Waals surface area (Å²) >= 11 is 1.50. The Morgan fingerprint density at radius 3 is 2.45 bits per heavy atom. The molecule has 2 nitrogen and oxygen atoms in total. The molecule has 0 aliphatic carbocycles. The van der Waals surface area contributed by atoms with Crippen molar-refractivity contribution < 1.29 is 4.79 Å². The molecule has 1 heterocycles. The second kappa shape index (κ2) is 7.07. The minimum Gasteiger partial charge on any atom is -0.293 e. The first-order valence-corrected chi connectivity index (χ1v) is 7.99. The highest BCUT2D eigenvalue weighted by Crippen LogP contribution is 2.42. The topological polar surface area (TPSA) is 29.4 Å². The van der Waals surface area contributed by atoms with Crippen LogP contribution in [-0.2, 0) is 4.79 Å². The molecule has 0 aromatic rings. The highest BCUT2D eigenvalue weighted by atomic mass is 32.2. The van der Waals surface area contributed by atoms with Gasteiger partial charge in [0.1, 0.15) is 5.04 Å². The third-order valence-corrected chi connectivity index (χ3v) is 5.05. The van der Waals surface area contributed by atoms with E-state index in [9.17, 15) is 4.79 Å². The summed E-state index contributed by atoms with van der Waals surface area (Å²) in [6.07, 6.45) is 2.64. The largest absolute Gasteiger partial charge is 0.293 e. The van der Waals surface area contributed by atoms with Crippen molar-refractivity contribution in [3.8, 4) is 0 Å². The molecule has 110 valence electrons. The van der Waals surface area contributed by atoms with Crippen molar-refractivity contribution >= 4 is 22.6 Å². The monoisotopic (exact) mass is 291 g/mol. The molecule has 0 spiro atoms. The van der Waals surface area contributed by atoms with Crippen LogP contribution < -0.4 is 0 Å². The van der Waals surface area contributed by atoms with E-state index < -0.39 is 0 Å². The number of aliphatic imine (C=N–C) groups is 1. The van der Waals surface area contributed by atoms with Crippen molar-refractivity contribution in [3.63, 3.8) is 0 Å². The van der Waals surface area contributed by atoms with Gasteiger partial charge in [0.15, 0.2) is 5.78 Å². The van der Waals surface area contributed by atoms with Gasteiger partial charge in [0, 0.05) is 17.7 Å². The van der Waals surface area contributed by atoms with E-state index in [1.807, 2.05) is 20.8 Å². The van der Waals surface area contributed by atoms with Gasteiger partial charge in [0.05, 0.1) is 4.91 Å². The van der Waals surface area contributed by atoms with Crippen molar-refractivity contribution in [2.75, 3.05) is 0 Å². The molecule has 0 amide bonds. The van der Waals surface area contributed by atoms with E-state index >= 15 is 0 Å². The molecule has 0 fully saturated rings. The Labute approximate surface area is 127 Å². The predicted molar refractivity (Wildman–Crippen MR) is 89.9 cm³/mol. The summed E-state index contributed by atoms with van der Waals surface area (Å²) in [4.78, 5) is 17.6. The number of hydrogen-bond donors (Lipinski definition) is 0. The lowest BCUT2D eigenvalue weighted by atomic mass is 9.91. The Kier molecular flexibility index (Phi) is 6.00. The van der Waals surface area contributed by atoms with Crippen LogP contribution in [0.2, 0.25) is 0 Å². The summed E-state index contributed by atoms with van der Waals surface area (Å²) in [5.41, 5.74) is 3.53. The summed E-state index contributed by atoms with van der Waals surface area (Å²) in [6, 6.07) is 0. The van der Waals surface area contributed by atoms with E-state index in [1.165, 1.54) is 17.3 Å². The quantitative estimate of drug-likeness (QED) is 0.702. The van der Waals surface area contributed by atoms with Crippen LogP contribution in [0.4, 0.5) is 0 Å². The number of nitrogens with zero attached hydrogens (tertiary/aromatic N) is 1. The standard InChI is InChI=1S/C17H25NOS/c1-8-11(5)12(6)14-13(7)16(15(19)10(3)4)20-17(14)18-9-2/h9-11H,2,8H2,1,3-7H3/b14-12+,18-17?. The molecule has 1 atom stereocenters. The van der Waals surface area contributed by atoms with Gasteiger partial charge >= 0.3 is 0 Å². The minimum absolute atomic E-state index is 0.0145. The molecule has 0 bridgehead atoms. The number of rotatable bonds is 5. The van der Waals surface area contributed by atoms with E-state index in [1.54, 1.807) is 6.20 Å². The molecule has 0 aromatic heterocycles. The highest BCUT2D eigenvalue weighted by molar-refractivity contribution is 8.19. The lowest BCUT2D eigenvalue weighted by Gasteiger charge is -2.14. The van der Waals surface area contributed by atoms with Crippen LogP contribution in [0.3, 0.4) is 0 Å². The molecule has 0 saturated carbocycles. The number of allylic oxidation sites excluding steroid dienone is 3. The third kappa shape index (κ3) is 3.32. The first-order valence-electron chi connectivity index (χ1n) is 7.18. The smallest absolute Gasteiger partial charge is 0.172 e. The van der Waals surface area contributed by atoms with Gasteiger partial charge in [-0.1, -0.05) is 51.6 Å². The van der Waals surface area contributed by atoms with Gasteiger partial charge in [-0.15, -0.1) is 0 Å². The Morgan fingerprint density at radius 1 is 1.40 bits per heavy atom. The van der Waals surface area contributed by atoms with Crippen molar-refractivity contribution in [1.29, 1.82) is 0 Å². The summed E-state index contributed by atoms with van der Waals surface area (Å²) in [5.74, 6) is 0.709. The fourth-order valence-electron chi connectivity index (χ4n) is 2.19. The van der Waals surface area contributed by atoms with Crippen LogP contribution in [0.1, 0.15) is 48.0 Å². The number of thioether (sulfide) groups is 1. The van der Waals surface area contributed by atoms with Crippen LogP contribution in [0.5, 0.6) is 0 Å². The molecule has 1 rings (SSSR count). The molecule has 0 aromatic carbocycles. The van der Waals surface area contributed by atoms with Gasteiger partial charge in [0.2, 0.25) is 0 Å². The van der Waals surface area contributed by atoms with Gasteiger partial charge in [-0.2, -0.15) is 0 Å². The summed E-state index contributed by atoms with van der Waals surface area (Å²) in [7, 11) is 0. The maximum Gasteiger partial charge on any atom is 0.172 e.